The molecule has 4 aliphatic rings. The summed E-state index contributed by atoms with van der Waals surface area (Å²) < 4.78 is 0. The van der Waals surface area contributed by atoms with E-state index in [2.05, 4.69) is 32.9 Å². The van der Waals surface area contributed by atoms with Crippen LogP contribution < -0.4 is 0 Å². The predicted octanol–water partition coefficient (Wildman–Crippen LogP) is 6.07. The standard InChI is InChI=1S/C12H21N2.C12H17N2.Cu.H2NO3/c2*1-2-6-11(7-3-1)14-10-12-8-4-5-9-13-12;;2-1(3)4/h10-12H,1-9H2;4-5,8-12H,1-3,6-7H2;;(H2,2,3,4)/q2*-1;2*+1. The van der Waals surface area contributed by atoms with Crippen LogP contribution in [0.15, 0.2) is 34.4 Å². The fraction of sp³-hybridized carbons (Fsp3) is 0.750. The van der Waals surface area contributed by atoms with Crippen LogP contribution in [0, 0.1) is 4.91 Å². The molecule has 2 N–H and O–H groups in total. The molecule has 2 unspecified atom stereocenters. The molecule has 0 radical (unpaired) electrons. The maximum atomic E-state index is 8.47. The second-order valence-electron chi connectivity index (χ2n) is 8.77. The first-order chi connectivity index (χ1) is 15.6. The van der Waals surface area contributed by atoms with Crippen molar-refractivity contribution >= 4 is 12.4 Å². The van der Waals surface area contributed by atoms with Crippen LogP contribution in [0.5, 0.6) is 0 Å². The Labute approximate surface area is 209 Å². The molecule has 0 aromatic carbocycles. The third-order valence-corrected chi connectivity index (χ3v) is 6.10. The average molecular weight is 510 g/mol. The van der Waals surface area contributed by atoms with Gasteiger partial charge in [0.1, 0.15) is 4.91 Å². The van der Waals surface area contributed by atoms with Crippen molar-refractivity contribution < 1.29 is 32.6 Å². The monoisotopic (exact) mass is 509 g/mol. The SMILES string of the molecule is C(=NC1CCCCC1)C1CCCC[N-]1.C1=C[N-]C(C=NC2CCCCC2)C=C1.O=[N+](O)O.[Cu+]. The summed E-state index contributed by atoms with van der Waals surface area (Å²) in [5.41, 5.74) is 0. The third-order valence-electron chi connectivity index (χ3n) is 6.10. The van der Waals surface area contributed by atoms with Gasteiger partial charge in [0.25, 0.3) is 0 Å². The van der Waals surface area contributed by atoms with Crippen LogP contribution in [0.25, 0.3) is 10.6 Å². The number of rotatable bonds is 4. The van der Waals surface area contributed by atoms with Gasteiger partial charge in [0.05, 0.1) is 0 Å². The molecule has 33 heavy (non-hydrogen) atoms. The molecule has 2 saturated carbocycles. The summed E-state index contributed by atoms with van der Waals surface area (Å²) in [5.74, 6) is 0. The molecule has 3 fully saturated rings. The van der Waals surface area contributed by atoms with Gasteiger partial charge in [-0.05, 0) is 38.1 Å². The van der Waals surface area contributed by atoms with Crippen LogP contribution in [-0.2, 0) is 17.1 Å². The smallest absolute Gasteiger partial charge is 0.680 e. The fourth-order valence-electron chi connectivity index (χ4n) is 4.34. The minimum Gasteiger partial charge on any atom is -0.680 e. The van der Waals surface area contributed by atoms with E-state index in [1.807, 2.05) is 24.6 Å². The Hall–Kier alpha value is -1.70. The summed E-state index contributed by atoms with van der Waals surface area (Å²) in [6, 6.07) is 1.83. The normalized spacial score (nSPS) is 25.8. The molecule has 1 saturated heterocycles. The van der Waals surface area contributed by atoms with Crippen LogP contribution in [0.3, 0.4) is 0 Å². The second kappa shape index (κ2) is 18.7. The average Bonchev–Trinajstić information content (AvgIpc) is 2.84. The van der Waals surface area contributed by atoms with Gasteiger partial charge in [-0.15, -0.1) is 6.54 Å². The van der Waals surface area contributed by atoms with E-state index < -0.39 is 5.09 Å². The minimum absolute atomic E-state index is 0. The summed E-state index contributed by atoms with van der Waals surface area (Å²) in [6.07, 6.45) is 29.3. The van der Waals surface area contributed by atoms with Crippen molar-refractivity contribution in [3.63, 3.8) is 0 Å². The number of hydrogen-bond donors (Lipinski definition) is 2. The van der Waals surface area contributed by atoms with Crippen LogP contribution in [0.1, 0.15) is 83.5 Å². The number of allylic oxidation sites excluding steroid dienone is 2. The molecule has 2 heterocycles. The number of hydrogen-bond acceptors (Lipinski definition) is 3. The van der Waals surface area contributed by atoms with Gasteiger partial charge < -0.3 is 10.6 Å². The summed E-state index contributed by atoms with van der Waals surface area (Å²) in [7, 11) is 0. The fourth-order valence-corrected chi connectivity index (χ4v) is 4.34. The molecule has 190 valence electrons. The molecular weight excluding hydrogens is 470 g/mol. The van der Waals surface area contributed by atoms with Crippen molar-refractivity contribution in [1.29, 1.82) is 0 Å². The van der Waals surface area contributed by atoms with E-state index in [1.165, 1.54) is 83.5 Å². The maximum Gasteiger partial charge on any atom is 1.00 e. The summed E-state index contributed by atoms with van der Waals surface area (Å²) >= 11 is 0. The zero-order valence-corrected chi connectivity index (χ0v) is 20.5. The van der Waals surface area contributed by atoms with Crippen LogP contribution in [-0.4, -0.2) is 58.6 Å². The summed E-state index contributed by atoms with van der Waals surface area (Å²) in [6.45, 7) is 1.06. The number of piperidine rings is 1. The van der Waals surface area contributed by atoms with Crippen LogP contribution >= 0.6 is 0 Å². The van der Waals surface area contributed by atoms with Gasteiger partial charge in [0.2, 0.25) is 0 Å². The Kier molecular flexibility index (Phi) is 16.6. The summed E-state index contributed by atoms with van der Waals surface area (Å²) in [5, 5.41) is 21.4. The van der Waals surface area contributed by atoms with Crippen LogP contribution in [0.2, 0.25) is 0 Å². The zero-order chi connectivity index (χ0) is 22.9. The Morgan fingerprint density at radius 1 is 0.788 bits per heavy atom. The first-order valence-corrected chi connectivity index (χ1v) is 12.2. The van der Waals surface area contributed by atoms with Crippen molar-refractivity contribution in [1.82, 2.24) is 0 Å². The summed E-state index contributed by atoms with van der Waals surface area (Å²) in [4.78, 5) is 17.8. The molecule has 0 aromatic heterocycles. The van der Waals surface area contributed by atoms with Crippen molar-refractivity contribution in [2.45, 2.75) is 108 Å². The quantitative estimate of drug-likeness (QED) is 0.272. The van der Waals surface area contributed by atoms with E-state index in [-0.39, 0.29) is 23.1 Å². The van der Waals surface area contributed by atoms with Crippen molar-refractivity contribution in [2.75, 3.05) is 6.54 Å². The topological polar surface area (TPSA) is 113 Å². The van der Waals surface area contributed by atoms with E-state index in [0.29, 0.717) is 18.1 Å². The first-order valence-electron chi connectivity index (χ1n) is 12.2. The van der Waals surface area contributed by atoms with Crippen molar-refractivity contribution in [3.8, 4) is 0 Å². The van der Waals surface area contributed by atoms with E-state index in [4.69, 9.17) is 15.3 Å². The van der Waals surface area contributed by atoms with Gasteiger partial charge >= 0.3 is 22.2 Å². The number of aliphatic imine (C=N–C) groups is 2. The molecule has 4 rings (SSSR count). The number of nitrogens with zero attached hydrogens (tertiary/aromatic N) is 5. The molecule has 0 spiro atoms. The molecule has 0 aromatic rings. The largest absolute Gasteiger partial charge is 1.00 e. The zero-order valence-electron chi connectivity index (χ0n) is 19.5. The maximum absolute atomic E-state index is 8.47. The Balaban J connectivity index is 0.000000278. The molecule has 0 amide bonds. The van der Waals surface area contributed by atoms with E-state index in [9.17, 15) is 0 Å². The first kappa shape index (κ1) is 29.3. The van der Waals surface area contributed by atoms with Gasteiger partial charge in [-0.25, -0.2) is 10.4 Å². The molecule has 0 bridgehead atoms. The van der Waals surface area contributed by atoms with Crippen molar-refractivity contribution in [2.24, 2.45) is 9.98 Å². The van der Waals surface area contributed by atoms with Crippen LogP contribution in [0.4, 0.5) is 0 Å². The molecule has 2 atom stereocenters. The minimum atomic E-state index is -1.25. The van der Waals surface area contributed by atoms with Gasteiger partial charge in [-0.3, -0.25) is 9.98 Å². The molecular formula is C24H40CuN5O3. The third kappa shape index (κ3) is 14.9. The second-order valence-corrected chi connectivity index (χ2v) is 8.77. The molecule has 2 aliphatic heterocycles. The molecule has 2 aliphatic carbocycles. The molecule has 9 heteroatoms. The Morgan fingerprint density at radius 3 is 1.82 bits per heavy atom. The predicted molar refractivity (Wildman–Crippen MR) is 129 cm³/mol. The molecule has 8 nitrogen and oxygen atoms in total. The Morgan fingerprint density at radius 2 is 1.33 bits per heavy atom. The van der Waals surface area contributed by atoms with Crippen molar-refractivity contribution in [3.05, 3.63) is 40.0 Å². The van der Waals surface area contributed by atoms with E-state index in [0.717, 1.165) is 6.54 Å². The van der Waals surface area contributed by atoms with E-state index in [1.54, 1.807) is 0 Å². The Bertz CT molecular complexity index is 600. The van der Waals surface area contributed by atoms with Gasteiger partial charge in [0, 0.05) is 12.1 Å². The van der Waals surface area contributed by atoms with Gasteiger partial charge in [0.15, 0.2) is 0 Å². The van der Waals surface area contributed by atoms with Gasteiger partial charge in [-0.1, -0.05) is 88.1 Å². The van der Waals surface area contributed by atoms with Gasteiger partial charge in [-0.2, -0.15) is 6.20 Å². The van der Waals surface area contributed by atoms with E-state index >= 15 is 0 Å².